The summed E-state index contributed by atoms with van der Waals surface area (Å²) < 4.78 is 0. The first kappa shape index (κ1) is 14.7. The van der Waals surface area contributed by atoms with E-state index in [0.717, 1.165) is 12.8 Å². The summed E-state index contributed by atoms with van der Waals surface area (Å²) in [6, 6.07) is 0. The van der Waals surface area contributed by atoms with Gasteiger partial charge in [-0.25, -0.2) is 0 Å². The molecule has 0 unspecified atom stereocenters. The molecule has 0 radical (unpaired) electrons. The quantitative estimate of drug-likeness (QED) is 0.488. The Kier molecular flexibility index (Phi) is 13.8. The molecule has 0 saturated carbocycles. The van der Waals surface area contributed by atoms with Gasteiger partial charge in [-0.05, 0) is 6.42 Å². The van der Waals surface area contributed by atoms with E-state index in [9.17, 15) is 4.79 Å². The van der Waals surface area contributed by atoms with Crippen molar-refractivity contribution < 1.29 is 12.8 Å². The zero-order valence-electron chi connectivity index (χ0n) is 10.0. The zero-order chi connectivity index (χ0) is 8.53. The molecule has 0 aromatic carbocycles. The van der Waals surface area contributed by atoms with Crippen molar-refractivity contribution in [1.29, 1.82) is 0 Å². The van der Waals surface area contributed by atoms with Crippen molar-refractivity contribution in [3.8, 4) is 0 Å². The monoisotopic (exact) mass is 184 g/mol. The minimum absolute atomic E-state index is 0. The van der Waals surface area contributed by atoms with Crippen molar-refractivity contribution in [1.82, 2.24) is 0 Å². The van der Waals surface area contributed by atoms with Crippen LogP contribution < -0.4 is 0 Å². The van der Waals surface area contributed by atoms with Crippen LogP contribution in [0, 0.1) is 0 Å². The summed E-state index contributed by atoms with van der Waals surface area (Å²) in [4.78, 5) is 10.1. The molecule has 0 saturated heterocycles. The van der Waals surface area contributed by atoms with Crippen LogP contribution in [-0.4, -0.2) is 34.1 Å². The molecule has 0 fully saturated rings. The molecule has 0 atom stereocenters. The summed E-state index contributed by atoms with van der Waals surface area (Å²) in [6.45, 7) is 2.18. The van der Waals surface area contributed by atoms with Crippen LogP contribution >= 0.6 is 0 Å². The smallest absolute Gasteiger partial charge is 1.00 e. The number of hydrogen-bond donors (Lipinski definition) is 1. The summed E-state index contributed by atoms with van der Waals surface area (Å²) in [5.41, 5.74) is 0. The maximum atomic E-state index is 10.1. The second kappa shape index (κ2) is 11.2. The summed E-state index contributed by atoms with van der Waals surface area (Å²) >= 11 is 0. The largest absolute Gasteiger partial charge is 2.00 e. The van der Waals surface area contributed by atoms with Gasteiger partial charge in [-0.15, -0.1) is 0 Å². The van der Waals surface area contributed by atoms with E-state index in [1.165, 1.54) is 25.7 Å². The number of rotatable bonds is 7. The maximum absolute atomic E-state index is 10.1. The standard InChI is InChI=1S/C9H18O2.Mg.2H/c1-2-3-4-5-6-7-8-9(10)11;;;/h2-8H2,1H3,(H,10,11);;;/q;+2;2*-1. The van der Waals surface area contributed by atoms with Crippen molar-refractivity contribution in [2.75, 3.05) is 0 Å². The predicted octanol–water partition coefficient (Wildman–Crippen LogP) is 2.67. The molecule has 1 N–H and O–H groups in total. The van der Waals surface area contributed by atoms with E-state index in [4.69, 9.17) is 5.11 Å². The van der Waals surface area contributed by atoms with Gasteiger partial charge in [-0.1, -0.05) is 39.0 Å². The number of aliphatic carboxylic acids is 1. The molecule has 0 aromatic rings. The number of hydrogen-bond acceptors (Lipinski definition) is 1. The van der Waals surface area contributed by atoms with Gasteiger partial charge in [0.2, 0.25) is 0 Å². The molecular weight excluding hydrogens is 164 g/mol. The molecule has 0 spiro atoms. The topological polar surface area (TPSA) is 37.3 Å². The third-order valence-corrected chi connectivity index (χ3v) is 1.74. The Morgan fingerprint density at radius 2 is 1.67 bits per heavy atom. The SMILES string of the molecule is CCCCCCCCC(=O)O.[H-].[H-].[Mg+2]. The molecular formula is C9H20MgO2. The zero-order valence-corrected chi connectivity index (χ0v) is 9.43. The molecule has 0 aliphatic heterocycles. The van der Waals surface area contributed by atoms with Crippen LogP contribution in [0.5, 0.6) is 0 Å². The Morgan fingerprint density at radius 3 is 2.17 bits per heavy atom. The van der Waals surface area contributed by atoms with Gasteiger partial charge in [0.1, 0.15) is 0 Å². The fourth-order valence-electron chi connectivity index (χ4n) is 1.06. The Hall–Kier alpha value is 0.236. The molecule has 3 heteroatoms. The van der Waals surface area contributed by atoms with Gasteiger partial charge in [-0.2, -0.15) is 0 Å². The molecule has 70 valence electrons. The average Bonchev–Trinajstić information content (AvgIpc) is 1.96. The van der Waals surface area contributed by atoms with Crippen molar-refractivity contribution in [3.05, 3.63) is 0 Å². The fourth-order valence-corrected chi connectivity index (χ4v) is 1.06. The van der Waals surface area contributed by atoms with Gasteiger partial charge < -0.3 is 7.96 Å². The first-order valence-electron chi connectivity index (χ1n) is 4.49. The molecule has 0 aromatic heterocycles. The third kappa shape index (κ3) is 12.9. The summed E-state index contributed by atoms with van der Waals surface area (Å²) in [7, 11) is 0. The van der Waals surface area contributed by atoms with Crippen molar-refractivity contribution in [2.24, 2.45) is 0 Å². The van der Waals surface area contributed by atoms with E-state index in [1.807, 2.05) is 0 Å². The third-order valence-electron chi connectivity index (χ3n) is 1.74. The fraction of sp³-hybridized carbons (Fsp3) is 0.889. The normalized spacial score (nSPS) is 9.08. The number of carbonyl (C=O) groups is 1. The first-order chi connectivity index (χ1) is 5.27. The molecule has 12 heavy (non-hydrogen) atoms. The van der Waals surface area contributed by atoms with E-state index >= 15 is 0 Å². The van der Waals surface area contributed by atoms with Crippen LogP contribution in [-0.2, 0) is 4.79 Å². The molecule has 0 heterocycles. The minimum Gasteiger partial charge on any atom is -1.00 e. The Labute approximate surface area is 93.9 Å². The minimum atomic E-state index is -0.666. The Balaban J connectivity index is -0.000000167. The molecule has 0 aliphatic carbocycles. The van der Waals surface area contributed by atoms with Crippen LogP contribution in [0.1, 0.15) is 54.7 Å². The van der Waals surface area contributed by atoms with Crippen LogP contribution in [0.4, 0.5) is 0 Å². The Bertz CT molecular complexity index is 113. The van der Waals surface area contributed by atoms with Gasteiger partial charge >= 0.3 is 29.0 Å². The Morgan fingerprint density at radius 1 is 1.17 bits per heavy atom. The molecule has 0 amide bonds. The molecule has 0 bridgehead atoms. The van der Waals surface area contributed by atoms with E-state index in [-0.39, 0.29) is 25.9 Å². The van der Waals surface area contributed by atoms with Crippen molar-refractivity contribution in [3.63, 3.8) is 0 Å². The van der Waals surface area contributed by atoms with Crippen LogP contribution in [0.3, 0.4) is 0 Å². The van der Waals surface area contributed by atoms with E-state index in [0.29, 0.717) is 6.42 Å². The average molecular weight is 185 g/mol. The van der Waals surface area contributed by atoms with Crippen LogP contribution in [0.2, 0.25) is 0 Å². The maximum Gasteiger partial charge on any atom is 2.00 e. The number of carboxylic acids is 1. The summed E-state index contributed by atoms with van der Waals surface area (Å²) in [5, 5.41) is 8.32. The van der Waals surface area contributed by atoms with Gasteiger partial charge in [0.25, 0.3) is 0 Å². The number of unbranched alkanes of at least 4 members (excludes halogenated alkanes) is 5. The molecule has 0 aliphatic rings. The summed E-state index contributed by atoms with van der Waals surface area (Å²) in [6.07, 6.45) is 7.25. The first-order valence-corrected chi connectivity index (χ1v) is 4.49. The van der Waals surface area contributed by atoms with E-state index in [1.54, 1.807) is 0 Å². The second-order valence-electron chi connectivity index (χ2n) is 2.91. The van der Waals surface area contributed by atoms with Crippen molar-refractivity contribution in [2.45, 2.75) is 51.9 Å². The molecule has 2 nitrogen and oxygen atoms in total. The molecule has 0 rings (SSSR count). The van der Waals surface area contributed by atoms with Gasteiger partial charge in [0.05, 0.1) is 0 Å². The van der Waals surface area contributed by atoms with Gasteiger partial charge in [0.15, 0.2) is 0 Å². The van der Waals surface area contributed by atoms with Gasteiger partial charge in [0, 0.05) is 6.42 Å². The van der Waals surface area contributed by atoms with E-state index in [2.05, 4.69) is 6.92 Å². The van der Waals surface area contributed by atoms with E-state index < -0.39 is 5.97 Å². The van der Waals surface area contributed by atoms with Gasteiger partial charge in [-0.3, -0.25) is 4.79 Å². The summed E-state index contributed by atoms with van der Waals surface area (Å²) in [5.74, 6) is -0.666. The van der Waals surface area contributed by atoms with Crippen LogP contribution in [0.15, 0.2) is 0 Å². The van der Waals surface area contributed by atoms with Crippen LogP contribution in [0.25, 0.3) is 0 Å². The van der Waals surface area contributed by atoms with Crippen molar-refractivity contribution >= 4 is 29.0 Å². The number of carboxylic acid groups (broad SMARTS) is 1. The second-order valence-corrected chi connectivity index (χ2v) is 2.91. The predicted molar refractivity (Wildman–Crippen MR) is 53.6 cm³/mol.